The number of ketones is 1. The highest BCUT2D eigenvalue weighted by Crippen LogP contribution is 2.34. The van der Waals surface area contributed by atoms with Gasteiger partial charge in [0, 0.05) is 22.3 Å². The average Bonchev–Trinajstić information content (AvgIpc) is 2.93. The molecular formula is C14H11BrN2O2S. The zero-order chi connectivity index (χ0) is 14.3. The van der Waals surface area contributed by atoms with Crippen molar-refractivity contribution in [2.24, 2.45) is 0 Å². The van der Waals surface area contributed by atoms with Crippen molar-refractivity contribution in [1.82, 2.24) is 4.98 Å². The van der Waals surface area contributed by atoms with E-state index in [9.17, 15) is 9.59 Å². The van der Waals surface area contributed by atoms with Crippen molar-refractivity contribution in [3.63, 3.8) is 0 Å². The van der Waals surface area contributed by atoms with Crippen molar-refractivity contribution < 1.29 is 9.59 Å². The molecule has 20 heavy (non-hydrogen) atoms. The van der Waals surface area contributed by atoms with Gasteiger partial charge in [-0.2, -0.15) is 0 Å². The van der Waals surface area contributed by atoms with E-state index in [1.165, 1.54) is 0 Å². The Labute approximate surface area is 128 Å². The van der Waals surface area contributed by atoms with Gasteiger partial charge in [0.25, 0.3) is 11.7 Å². The van der Waals surface area contributed by atoms with E-state index >= 15 is 0 Å². The van der Waals surface area contributed by atoms with Crippen LogP contribution in [0.4, 0.5) is 5.69 Å². The Morgan fingerprint density at radius 1 is 1.35 bits per heavy atom. The largest absolute Gasteiger partial charge is 0.304 e. The third-order valence-electron chi connectivity index (χ3n) is 3.36. The van der Waals surface area contributed by atoms with E-state index in [4.69, 9.17) is 0 Å². The maximum Gasteiger partial charge on any atom is 0.299 e. The number of anilines is 1. The summed E-state index contributed by atoms with van der Waals surface area (Å²) < 4.78 is 0.671. The molecule has 2 aromatic rings. The predicted molar refractivity (Wildman–Crippen MR) is 81.4 cm³/mol. The number of halogens is 1. The number of aryl methyl sites for hydroxylation is 1. The minimum Gasteiger partial charge on any atom is -0.304 e. The first kappa shape index (κ1) is 13.5. The van der Waals surface area contributed by atoms with E-state index in [2.05, 4.69) is 20.9 Å². The summed E-state index contributed by atoms with van der Waals surface area (Å²) >= 11 is 4.91. The maximum atomic E-state index is 12.1. The van der Waals surface area contributed by atoms with Gasteiger partial charge in [-0.3, -0.25) is 9.59 Å². The Morgan fingerprint density at radius 3 is 2.85 bits per heavy atom. The summed E-state index contributed by atoms with van der Waals surface area (Å²) in [4.78, 5) is 31.0. The minimum absolute atomic E-state index is 0.437. The first-order chi connectivity index (χ1) is 9.59. The summed E-state index contributed by atoms with van der Waals surface area (Å²) in [5.41, 5.74) is 3.95. The summed E-state index contributed by atoms with van der Waals surface area (Å²) in [5, 5.41) is 0. The van der Waals surface area contributed by atoms with Gasteiger partial charge in [-0.25, -0.2) is 4.98 Å². The Morgan fingerprint density at radius 2 is 2.15 bits per heavy atom. The number of benzene rings is 1. The lowest BCUT2D eigenvalue weighted by molar-refractivity contribution is -0.114. The van der Waals surface area contributed by atoms with Crippen molar-refractivity contribution in [3.05, 3.63) is 44.3 Å². The molecule has 0 atom stereocenters. The number of aromatic nitrogens is 1. The van der Waals surface area contributed by atoms with Crippen molar-refractivity contribution >= 4 is 44.6 Å². The van der Waals surface area contributed by atoms with E-state index in [1.807, 2.05) is 19.1 Å². The van der Waals surface area contributed by atoms with Gasteiger partial charge in [0.1, 0.15) is 0 Å². The summed E-state index contributed by atoms with van der Waals surface area (Å²) in [7, 11) is 0. The number of carbonyl (C=O) groups excluding carboxylic acids is 2. The zero-order valence-electron chi connectivity index (χ0n) is 10.7. The monoisotopic (exact) mass is 350 g/mol. The normalized spacial score (nSPS) is 14.0. The molecule has 102 valence electrons. The minimum atomic E-state index is -0.450. The quantitative estimate of drug-likeness (QED) is 0.799. The molecule has 1 aliphatic rings. The second-order valence-corrected chi connectivity index (χ2v) is 6.32. The van der Waals surface area contributed by atoms with Crippen molar-refractivity contribution in [2.45, 2.75) is 13.3 Å². The van der Waals surface area contributed by atoms with Crippen LogP contribution >= 0.6 is 27.3 Å². The van der Waals surface area contributed by atoms with Gasteiger partial charge in [0.2, 0.25) is 0 Å². The number of rotatable bonds is 3. The van der Waals surface area contributed by atoms with Gasteiger partial charge in [0.05, 0.1) is 22.5 Å². The van der Waals surface area contributed by atoms with Crippen LogP contribution in [0.3, 0.4) is 0 Å². The van der Waals surface area contributed by atoms with Gasteiger partial charge < -0.3 is 4.90 Å². The number of fused-ring (bicyclic) bond motifs is 1. The molecular weight excluding hydrogens is 340 g/mol. The number of nitrogens with zero attached hydrogens (tertiary/aromatic N) is 2. The Hall–Kier alpha value is -1.53. The fourth-order valence-electron chi connectivity index (χ4n) is 2.30. The van der Waals surface area contributed by atoms with Gasteiger partial charge in [-0.1, -0.05) is 6.07 Å². The van der Waals surface area contributed by atoms with Crippen LogP contribution in [0.2, 0.25) is 0 Å². The predicted octanol–water partition coefficient (Wildman–Crippen LogP) is 2.99. The number of Topliss-reactive ketones (excluding diaryl/α,β-unsaturated/α-hetero) is 1. The lowest BCUT2D eigenvalue weighted by Crippen LogP contribution is -2.31. The van der Waals surface area contributed by atoms with Crippen LogP contribution in [0, 0.1) is 6.92 Å². The van der Waals surface area contributed by atoms with E-state index < -0.39 is 11.7 Å². The van der Waals surface area contributed by atoms with Crippen LogP contribution in [0.25, 0.3) is 0 Å². The maximum absolute atomic E-state index is 12.1. The molecule has 6 heteroatoms. The number of hydrogen-bond donors (Lipinski definition) is 0. The van der Waals surface area contributed by atoms with Crippen LogP contribution in [0.1, 0.15) is 20.9 Å². The number of amides is 1. The van der Waals surface area contributed by atoms with Crippen LogP contribution in [0.5, 0.6) is 0 Å². The molecule has 0 radical (unpaired) electrons. The summed E-state index contributed by atoms with van der Waals surface area (Å²) in [5.74, 6) is -0.887. The van der Waals surface area contributed by atoms with Crippen LogP contribution in [-0.2, 0) is 11.2 Å². The Bertz CT molecular complexity index is 711. The van der Waals surface area contributed by atoms with Crippen LogP contribution < -0.4 is 4.90 Å². The lowest BCUT2D eigenvalue weighted by Gasteiger charge is -2.16. The second kappa shape index (κ2) is 5.10. The van der Waals surface area contributed by atoms with E-state index in [-0.39, 0.29) is 0 Å². The second-order valence-electron chi connectivity index (χ2n) is 4.53. The molecule has 4 nitrogen and oxygen atoms in total. The van der Waals surface area contributed by atoms with Gasteiger partial charge in [0.15, 0.2) is 0 Å². The highest BCUT2D eigenvalue weighted by molar-refractivity contribution is 9.10. The van der Waals surface area contributed by atoms with Gasteiger partial charge >= 0.3 is 0 Å². The summed E-state index contributed by atoms with van der Waals surface area (Å²) in [6.07, 6.45) is 0.710. The first-order valence-electron chi connectivity index (χ1n) is 6.13. The molecule has 3 rings (SSSR count). The van der Waals surface area contributed by atoms with Crippen molar-refractivity contribution in [3.8, 4) is 0 Å². The molecule has 0 spiro atoms. The third-order valence-corrected chi connectivity index (χ3v) is 5.01. The average molecular weight is 351 g/mol. The third kappa shape index (κ3) is 2.09. The van der Waals surface area contributed by atoms with Crippen LogP contribution in [-0.4, -0.2) is 23.2 Å². The molecule has 0 aliphatic carbocycles. The van der Waals surface area contributed by atoms with E-state index in [0.29, 0.717) is 28.7 Å². The van der Waals surface area contributed by atoms with Gasteiger partial charge in [-0.15, -0.1) is 11.3 Å². The number of hydrogen-bond acceptors (Lipinski definition) is 4. The van der Waals surface area contributed by atoms with Crippen molar-refractivity contribution in [1.29, 1.82) is 0 Å². The van der Waals surface area contributed by atoms with Crippen LogP contribution in [0.15, 0.2) is 28.2 Å². The molecule has 0 N–H and O–H groups in total. The smallest absolute Gasteiger partial charge is 0.299 e. The van der Waals surface area contributed by atoms with E-state index in [0.717, 1.165) is 10.6 Å². The molecule has 1 amide bonds. The molecule has 0 bridgehead atoms. The highest BCUT2D eigenvalue weighted by Gasteiger charge is 2.36. The fourth-order valence-corrected chi connectivity index (χ4v) is 3.61. The molecule has 1 aliphatic heterocycles. The Balaban J connectivity index is 1.88. The molecule has 1 aromatic heterocycles. The molecule has 0 saturated heterocycles. The molecule has 1 aromatic carbocycles. The SMILES string of the molecule is Cc1ncsc1CCN1C(=O)C(=O)c2c(Br)cccc21. The number of thiazole rings is 1. The molecule has 0 fully saturated rings. The zero-order valence-corrected chi connectivity index (χ0v) is 13.1. The summed E-state index contributed by atoms with van der Waals surface area (Å²) in [6, 6.07) is 5.42. The number of carbonyl (C=O) groups is 2. The molecule has 2 heterocycles. The first-order valence-corrected chi connectivity index (χ1v) is 7.80. The van der Waals surface area contributed by atoms with E-state index in [1.54, 1.807) is 27.8 Å². The molecule has 0 unspecified atom stereocenters. The fraction of sp³-hybridized carbons (Fsp3) is 0.214. The summed E-state index contributed by atoms with van der Waals surface area (Å²) in [6.45, 7) is 2.45. The standard InChI is InChI=1S/C14H11BrN2O2S/c1-8-11(20-7-16-8)5-6-17-10-4-2-3-9(15)12(10)13(18)14(17)19/h2-4,7H,5-6H2,1H3. The topological polar surface area (TPSA) is 50.3 Å². The van der Waals surface area contributed by atoms with Crippen molar-refractivity contribution in [2.75, 3.05) is 11.4 Å². The van der Waals surface area contributed by atoms with Gasteiger partial charge in [-0.05, 0) is 35.0 Å². The highest BCUT2D eigenvalue weighted by atomic mass is 79.9. The molecule has 0 saturated carbocycles. The Kier molecular flexibility index (Phi) is 3.43. The lowest BCUT2D eigenvalue weighted by atomic mass is 10.1.